The van der Waals surface area contributed by atoms with E-state index >= 15 is 0 Å². The maximum atomic E-state index is 13.1. The number of aryl methyl sites for hydroxylation is 1. The topological polar surface area (TPSA) is 84.7 Å². The molecule has 5 aromatic carbocycles. The first-order valence-electron chi connectivity index (χ1n) is 17.1. The summed E-state index contributed by atoms with van der Waals surface area (Å²) in [6.45, 7) is 4.22. The van der Waals surface area contributed by atoms with Crippen molar-refractivity contribution in [2.24, 2.45) is 0 Å². The van der Waals surface area contributed by atoms with Crippen molar-refractivity contribution < 1.29 is 36.9 Å². The van der Waals surface area contributed by atoms with Crippen molar-refractivity contribution in [3.05, 3.63) is 149 Å². The SMILES string of the molecule is CCOC(=O)c1nnn(Cc2ccc(OC)cc2)c1OC(Cc1ccc(-c2ccc(C)cc2)cc1)Cc1ccc(-c2ccc(OC(F)(F)F)cc2)cc1. The first-order chi connectivity index (χ1) is 25.6. The summed E-state index contributed by atoms with van der Waals surface area (Å²) < 4.78 is 60.8. The molecule has 1 heterocycles. The summed E-state index contributed by atoms with van der Waals surface area (Å²) in [6.07, 6.45) is -4.28. The zero-order valence-corrected chi connectivity index (χ0v) is 29.5. The number of hydrogen-bond acceptors (Lipinski definition) is 7. The van der Waals surface area contributed by atoms with Gasteiger partial charge in [0.1, 0.15) is 17.6 Å². The monoisotopic (exact) mass is 721 g/mol. The lowest BCUT2D eigenvalue weighted by atomic mass is 9.97. The number of alkyl halides is 3. The molecule has 0 amide bonds. The Morgan fingerprint density at radius 3 is 1.66 bits per heavy atom. The van der Waals surface area contributed by atoms with Crippen molar-refractivity contribution in [2.45, 2.75) is 45.7 Å². The summed E-state index contributed by atoms with van der Waals surface area (Å²) in [5.74, 6) is -0.0188. The molecule has 11 heteroatoms. The lowest BCUT2D eigenvalue weighted by Crippen LogP contribution is -2.25. The van der Waals surface area contributed by atoms with Gasteiger partial charge in [-0.15, -0.1) is 18.3 Å². The van der Waals surface area contributed by atoms with Gasteiger partial charge in [-0.25, -0.2) is 9.48 Å². The van der Waals surface area contributed by atoms with Gasteiger partial charge in [0.2, 0.25) is 11.6 Å². The average Bonchev–Trinajstić information content (AvgIpc) is 3.54. The fourth-order valence-corrected chi connectivity index (χ4v) is 5.86. The highest BCUT2D eigenvalue weighted by Gasteiger charge is 2.31. The Labute approximate surface area is 305 Å². The number of esters is 1. The highest BCUT2D eigenvalue weighted by atomic mass is 19.4. The maximum Gasteiger partial charge on any atom is 0.573 e. The van der Waals surface area contributed by atoms with Gasteiger partial charge < -0.3 is 18.9 Å². The lowest BCUT2D eigenvalue weighted by Gasteiger charge is -2.21. The third kappa shape index (κ3) is 9.82. The summed E-state index contributed by atoms with van der Waals surface area (Å²) in [6, 6.07) is 37.6. The van der Waals surface area contributed by atoms with Crippen molar-refractivity contribution in [1.29, 1.82) is 0 Å². The quantitative estimate of drug-likeness (QED) is 0.104. The molecule has 1 aromatic heterocycles. The van der Waals surface area contributed by atoms with Crippen LogP contribution >= 0.6 is 0 Å². The second kappa shape index (κ2) is 16.5. The van der Waals surface area contributed by atoms with E-state index in [1.807, 2.05) is 48.5 Å². The summed E-state index contributed by atoms with van der Waals surface area (Å²) in [5, 5.41) is 8.46. The number of nitrogens with zero attached hydrogens (tertiary/aromatic N) is 3. The zero-order valence-electron chi connectivity index (χ0n) is 29.5. The van der Waals surface area contributed by atoms with E-state index < -0.39 is 18.4 Å². The predicted molar refractivity (Wildman–Crippen MR) is 195 cm³/mol. The molecule has 0 spiro atoms. The van der Waals surface area contributed by atoms with E-state index in [-0.39, 0.29) is 30.5 Å². The molecule has 0 aliphatic heterocycles. The number of aromatic nitrogens is 3. The van der Waals surface area contributed by atoms with Gasteiger partial charge in [0, 0.05) is 12.8 Å². The van der Waals surface area contributed by atoms with Crippen LogP contribution in [0, 0.1) is 6.92 Å². The predicted octanol–water partition coefficient (Wildman–Crippen LogP) is 9.29. The Morgan fingerprint density at radius 2 is 1.17 bits per heavy atom. The van der Waals surface area contributed by atoms with Crippen LogP contribution in [-0.2, 0) is 24.1 Å². The molecule has 6 rings (SSSR count). The molecule has 0 aliphatic rings. The Bertz CT molecular complexity index is 2100. The van der Waals surface area contributed by atoms with Gasteiger partial charge in [-0.1, -0.05) is 108 Å². The molecule has 0 saturated heterocycles. The smallest absolute Gasteiger partial charge is 0.497 e. The first kappa shape index (κ1) is 36.7. The number of hydrogen-bond donors (Lipinski definition) is 0. The number of carbonyl (C=O) groups is 1. The third-order valence-corrected chi connectivity index (χ3v) is 8.57. The van der Waals surface area contributed by atoms with E-state index in [4.69, 9.17) is 14.2 Å². The van der Waals surface area contributed by atoms with Crippen molar-refractivity contribution in [2.75, 3.05) is 13.7 Å². The van der Waals surface area contributed by atoms with Crippen molar-refractivity contribution >= 4 is 5.97 Å². The van der Waals surface area contributed by atoms with Gasteiger partial charge in [-0.3, -0.25) is 0 Å². The van der Waals surface area contributed by atoms with Crippen LogP contribution in [0.2, 0.25) is 0 Å². The Balaban J connectivity index is 1.28. The number of benzene rings is 5. The van der Waals surface area contributed by atoms with E-state index in [2.05, 4.69) is 70.5 Å². The zero-order chi connectivity index (χ0) is 37.4. The summed E-state index contributed by atoms with van der Waals surface area (Å²) in [4.78, 5) is 13.1. The van der Waals surface area contributed by atoms with Gasteiger partial charge in [0.25, 0.3) is 0 Å². The molecule has 0 fully saturated rings. The fourth-order valence-electron chi connectivity index (χ4n) is 5.86. The van der Waals surface area contributed by atoms with Gasteiger partial charge in [0.05, 0.1) is 20.3 Å². The normalized spacial score (nSPS) is 11.9. The highest BCUT2D eigenvalue weighted by molar-refractivity contribution is 5.89. The molecule has 53 heavy (non-hydrogen) atoms. The van der Waals surface area contributed by atoms with Crippen LogP contribution in [0.1, 0.15) is 39.7 Å². The summed E-state index contributed by atoms with van der Waals surface area (Å²) in [7, 11) is 1.60. The van der Waals surface area contributed by atoms with Crippen LogP contribution < -0.4 is 14.2 Å². The third-order valence-electron chi connectivity index (χ3n) is 8.57. The first-order valence-corrected chi connectivity index (χ1v) is 17.1. The molecule has 272 valence electrons. The standard InChI is InChI=1S/C42H38F3N3O5/c1-4-51-41(49)39-40(48(47-46-39)27-31-11-21-36(50-3)22-12-31)52-38(25-29-7-15-33(16-8-29)32-13-5-28(2)6-14-32)26-30-9-17-34(18-10-30)35-19-23-37(24-20-35)53-42(43,44)45/h5-24,38H,4,25-27H2,1-3H3. The summed E-state index contributed by atoms with van der Waals surface area (Å²) in [5.41, 5.74) is 7.80. The minimum Gasteiger partial charge on any atom is -0.497 e. The number of halogens is 3. The van der Waals surface area contributed by atoms with Gasteiger partial charge in [0.15, 0.2) is 0 Å². The van der Waals surface area contributed by atoms with Crippen LogP contribution in [0.4, 0.5) is 13.2 Å². The van der Waals surface area contributed by atoms with E-state index in [0.29, 0.717) is 18.6 Å². The van der Waals surface area contributed by atoms with Crippen molar-refractivity contribution in [1.82, 2.24) is 15.0 Å². The fraction of sp³-hybridized carbons (Fsp3) is 0.214. The lowest BCUT2D eigenvalue weighted by molar-refractivity contribution is -0.274. The average molecular weight is 722 g/mol. The van der Waals surface area contributed by atoms with E-state index in [1.54, 1.807) is 30.8 Å². The number of carbonyl (C=O) groups excluding carboxylic acids is 1. The Hall–Kier alpha value is -6.10. The van der Waals surface area contributed by atoms with Crippen LogP contribution in [0.15, 0.2) is 121 Å². The van der Waals surface area contributed by atoms with Crippen molar-refractivity contribution in [3.8, 4) is 39.6 Å². The molecule has 0 saturated carbocycles. The molecule has 0 radical (unpaired) electrons. The highest BCUT2D eigenvalue weighted by Crippen LogP contribution is 2.29. The van der Waals surface area contributed by atoms with Gasteiger partial charge >= 0.3 is 12.3 Å². The molecule has 8 nitrogen and oxygen atoms in total. The molecule has 1 unspecified atom stereocenters. The largest absolute Gasteiger partial charge is 0.573 e. The van der Waals surface area contributed by atoms with Crippen LogP contribution in [0.3, 0.4) is 0 Å². The molecular formula is C42H38F3N3O5. The minimum absolute atomic E-state index is 0.0200. The summed E-state index contributed by atoms with van der Waals surface area (Å²) >= 11 is 0. The minimum atomic E-state index is -4.76. The number of rotatable bonds is 14. The maximum absolute atomic E-state index is 13.1. The van der Waals surface area contributed by atoms with Gasteiger partial charge in [-0.05, 0) is 77.1 Å². The number of ether oxygens (including phenoxy) is 4. The van der Waals surface area contributed by atoms with Gasteiger partial charge in [-0.2, -0.15) is 0 Å². The second-order valence-corrected chi connectivity index (χ2v) is 12.4. The van der Waals surface area contributed by atoms with Crippen LogP contribution in [-0.4, -0.2) is 47.1 Å². The molecule has 0 bridgehead atoms. The van der Waals surface area contributed by atoms with Crippen molar-refractivity contribution in [3.63, 3.8) is 0 Å². The molecule has 0 N–H and O–H groups in total. The second-order valence-electron chi connectivity index (χ2n) is 12.4. The van der Waals surface area contributed by atoms with Crippen LogP contribution in [0.5, 0.6) is 17.4 Å². The Morgan fingerprint density at radius 1 is 0.698 bits per heavy atom. The number of methoxy groups -OCH3 is 1. The van der Waals surface area contributed by atoms with E-state index in [9.17, 15) is 18.0 Å². The van der Waals surface area contributed by atoms with E-state index in [0.717, 1.165) is 38.9 Å². The molecule has 0 aliphatic carbocycles. The van der Waals surface area contributed by atoms with Crippen LogP contribution in [0.25, 0.3) is 22.3 Å². The molecule has 1 atom stereocenters. The molecular weight excluding hydrogens is 683 g/mol. The Kier molecular flexibility index (Phi) is 11.4. The van der Waals surface area contributed by atoms with E-state index in [1.165, 1.54) is 17.7 Å². The molecule has 6 aromatic rings.